The van der Waals surface area contributed by atoms with Crippen LogP contribution >= 0.6 is 0 Å². The molecule has 0 amide bonds. The third-order valence-corrected chi connectivity index (χ3v) is 2.82. The molecule has 1 N–H and O–H groups in total. The van der Waals surface area contributed by atoms with Crippen molar-refractivity contribution in [3.63, 3.8) is 0 Å². The van der Waals surface area contributed by atoms with E-state index in [0.717, 1.165) is 17.8 Å². The van der Waals surface area contributed by atoms with Crippen LogP contribution in [0.4, 0.5) is 0 Å². The molecule has 0 aromatic rings. The molecular formula is C16H23N. The maximum Gasteiger partial charge on any atom is 0.0310 e. The number of allylic oxidation sites excluding steroid dienone is 6. The van der Waals surface area contributed by atoms with Crippen molar-refractivity contribution >= 4 is 0 Å². The number of rotatable bonds is 0. The van der Waals surface area contributed by atoms with Crippen LogP contribution in [0.25, 0.3) is 0 Å². The van der Waals surface area contributed by atoms with E-state index < -0.39 is 0 Å². The van der Waals surface area contributed by atoms with E-state index in [4.69, 9.17) is 0 Å². The largest absolute Gasteiger partial charge is 0.356 e. The highest BCUT2D eigenvalue weighted by molar-refractivity contribution is 5.27. The van der Waals surface area contributed by atoms with Gasteiger partial charge in [-0.25, -0.2) is 0 Å². The minimum atomic E-state index is 0.637. The van der Waals surface area contributed by atoms with Crippen LogP contribution in [-0.2, 0) is 0 Å². The van der Waals surface area contributed by atoms with Crippen molar-refractivity contribution in [3.05, 3.63) is 60.5 Å². The Bertz CT molecular complexity index is 369. The SMILES string of the molecule is C=C1/C=C\C=C/C(C)CCC/C(C)=C/C(=C)N1. The highest BCUT2D eigenvalue weighted by atomic mass is 14.9. The molecule has 0 saturated heterocycles. The van der Waals surface area contributed by atoms with Crippen molar-refractivity contribution in [2.45, 2.75) is 33.1 Å². The molecule has 0 aliphatic carbocycles. The smallest absolute Gasteiger partial charge is 0.0310 e. The highest BCUT2D eigenvalue weighted by Crippen LogP contribution is 2.15. The van der Waals surface area contributed by atoms with Crippen LogP contribution in [0.3, 0.4) is 0 Å². The minimum Gasteiger partial charge on any atom is -0.356 e. The lowest BCUT2D eigenvalue weighted by atomic mass is 10.0. The van der Waals surface area contributed by atoms with Crippen LogP contribution in [0.15, 0.2) is 60.5 Å². The molecule has 92 valence electrons. The summed E-state index contributed by atoms with van der Waals surface area (Å²) in [6, 6.07) is 0. The Morgan fingerprint density at radius 1 is 1.24 bits per heavy atom. The van der Waals surface area contributed by atoms with Gasteiger partial charge in [-0.2, -0.15) is 0 Å². The van der Waals surface area contributed by atoms with E-state index in [0.29, 0.717) is 5.92 Å². The number of hydrogen-bond donors (Lipinski definition) is 1. The maximum absolute atomic E-state index is 3.98. The predicted octanol–water partition coefficient (Wildman–Crippen LogP) is 4.48. The van der Waals surface area contributed by atoms with Crippen molar-refractivity contribution in [3.8, 4) is 0 Å². The standard InChI is InChI=1S/C16H23N/c1-13-8-5-6-11-15(3)17-16(4)12-14(2)10-7-9-13/h5-6,8,11-13,17H,3-4,7,9-10H2,1-2H3/b8-5-,11-6-,14-12+. The Kier molecular flexibility index (Phi) is 5.55. The monoisotopic (exact) mass is 229 g/mol. The summed E-state index contributed by atoms with van der Waals surface area (Å²) in [5.74, 6) is 0.637. The Labute approximate surface area is 105 Å². The van der Waals surface area contributed by atoms with Crippen molar-refractivity contribution < 1.29 is 0 Å². The second-order valence-electron chi connectivity index (χ2n) is 4.78. The van der Waals surface area contributed by atoms with Crippen LogP contribution in [-0.4, -0.2) is 0 Å². The molecule has 1 nitrogen and oxygen atoms in total. The molecular weight excluding hydrogens is 206 g/mol. The average Bonchev–Trinajstić information content (AvgIpc) is 2.23. The van der Waals surface area contributed by atoms with Crippen molar-refractivity contribution in [2.75, 3.05) is 0 Å². The first-order chi connectivity index (χ1) is 8.08. The van der Waals surface area contributed by atoms with E-state index in [1.54, 1.807) is 0 Å². The summed E-state index contributed by atoms with van der Waals surface area (Å²) >= 11 is 0. The zero-order valence-electron chi connectivity index (χ0n) is 11.0. The number of nitrogens with one attached hydrogen (secondary N) is 1. The molecule has 0 aromatic heterocycles. The van der Waals surface area contributed by atoms with Crippen molar-refractivity contribution in [1.29, 1.82) is 0 Å². The lowest BCUT2D eigenvalue weighted by Crippen LogP contribution is -2.07. The predicted molar refractivity (Wildman–Crippen MR) is 76.5 cm³/mol. The van der Waals surface area contributed by atoms with Gasteiger partial charge in [0.15, 0.2) is 0 Å². The first kappa shape index (κ1) is 13.6. The Morgan fingerprint density at radius 3 is 2.76 bits per heavy atom. The van der Waals surface area contributed by atoms with E-state index in [2.05, 4.69) is 50.6 Å². The Morgan fingerprint density at radius 2 is 2.00 bits per heavy atom. The van der Waals surface area contributed by atoms with E-state index in [-0.39, 0.29) is 0 Å². The fourth-order valence-electron chi connectivity index (χ4n) is 1.88. The second kappa shape index (κ2) is 6.95. The van der Waals surface area contributed by atoms with Gasteiger partial charge in [0.1, 0.15) is 0 Å². The Hall–Kier alpha value is -1.50. The third kappa shape index (κ3) is 5.96. The zero-order chi connectivity index (χ0) is 12.7. The molecule has 1 unspecified atom stereocenters. The van der Waals surface area contributed by atoms with Gasteiger partial charge in [-0.1, -0.05) is 43.9 Å². The fraction of sp³-hybridized carbons (Fsp3) is 0.375. The van der Waals surface area contributed by atoms with Gasteiger partial charge in [0.25, 0.3) is 0 Å². The third-order valence-electron chi connectivity index (χ3n) is 2.82. The normalized spacial score (nSPS) is 30.0. The molecule has 0 aromatic carbocycles. The summed E-state index contributed by atoms with van der Waals surface area (Å²) in [5.41, 5.74) is 3.15. The molecule has 17 heavy (non-hydrogen) atoms. The van der Waals surface area contributed by atoms with Crippen molar-refractivity contribution in [2.24, 2.45) is 5.92 Å². The maximum atomic E-state index is 3.98. The van der Waals surface area contributed by atoms with Gasteiger partial charge in [-0.05, 0) is 44.3 Å². The highest BCUT2D eigenvalue weighted by Gasteiger charge is 1.99. The Balaban J connectivity index is 2.75. The summed E-state index contributed by atoms with van der Waals surface area (Å²) in [6.07, 6.45) is 14.0. The van der Waals surface area contributed by atoms with Crippen molar-refractivity contribution in [1.82, 2.24) is 5.32 Å². The summed E-state index contributed by atoms with van der Waals surface area (Å²) in [5, 5.41) is 3.17. The summed E-state index contributed by atoms with van der Waals surface area (Å²) in [7, 11) is 0. The summed E-state index contributed by atoms with van der Waals surface area (Å²) in [4.78, 5) is 0. The van der Waals surface area contributed by atoms with Gasteiger partial charge in [0.05, 0.1) is 0 Å². The van der Waals surface area contributed by atoms with Gasteiger partial charge in [-0.15, -0.1) is 0 Å². The molecule has 0 saturated carbocycles. The first-order valence-corrected chi connectivity index (χ1v) is 6.25. The topological polar surface area (TPSA) is 12.0 Å². The van der Waals surface area contributed by atoms with E-state index in [1.165, 1.54) is 18.4 Å². The molecule has 0 bridgehead atoms. The van der Waals surface area contributed by atoms with Crippen LogP contribution in [0, 0.1) is 5.92 Å². The van der Waals surface area contributed by atoms with Crippen LogP contribution in [0.2, 0.25) is 0 Å². The van der Waals surface area contributed by atoms with E-state index in [1.807, 2.05) is 12.2 Å². The molecule has 1 aliphatic rings. The summed E-state index contributed by atoms with van der Waals surface area (Å²) < 4.78 is 0. The molecule has 0 fully saturated rings. The van der Waals surface area contributed by atoms with Crippen LogP contribution in [0.1, 0.15) is 33.1 Å². The molecule has 1 aliphatic heterocycles. The molecule has 1 heteroatoms. The van der Waals surface area contributed by atoms with Gasteiger partial charge in [0.2, 0.25) is 0 Å². The molecule has 0 radical (unpaired) electrons. The number of hydrogen-bond acceptors (Lipinski definition) is 1. The molecule has 1 heterocycles. The lowest BCUT2D eigenvalue weighted by molar-refractivity contribution is 0.604. The molecule has 1 rings (SSSR count). The molecule has 0 spiro atoms. The minimum absolute atomic E-state index is 0.637. The van der Waals surface area contributed by atoms with Gasteiger partial charge in [-0.3, -0.25) is 0 Å². The quantitative estimate of drug-likeness (QED) is 0.645. The first-order valence-electron chi connectivity index (χ1n) is 6.25. The second-order valence-corrected chi connectivity index (χ2v) is 4.78. The van der Waals surface area contributed by atoms with Crippen LogP contribution < -0.4 is 5.32 Å². The zero-order valence-corrected chi connectivity index (χ0v) is 11.0. The van der Waals surface area contributed by atoms with Gasteiger partial charge in [0, 0.05) is 11.4 Å². The van der Waals surface area contributed by atoms with Gasteiger partial charge < -0.3 is 5.32 Å². The average molecular weight is 229 g/mol. The van der Waals surface area contributed by atoms with Crippen LogP contribution in [0.5, 0.6) is 0 Å². The summed E-state index contributed by atoms with van der Waals surface area (Å²) in [6.45, 7) is 12.3. The van der Waals surface area contributed by atoms with Gasteiger partial charge >= 0.3 is 0 Å². The van der Waals surface area contributed by atoms with E-state index >= 15 is 0 Å². The molecule has 1 atom stereocenters. The lowest BCUT2D eigenvalue weighted by Gasteiger charge is -2.08. The van der Waals surface area contributed by atoms with E-state index in [9.17, 15) is 0 Å². The fourth-order valence-corrected chi connectivity index (χ4v) is 1.88.